The summed E-state index contributed by atoms with van der Waals surface area (Å²) in [5.41, 5.74) is 0.870. The molecule has 0 aliphatic carbocycles. The number of benzene rings is 2. The number of halogens is 3. The second-order valence-corrected chi connectivity index (χ2v) is 9.09. The predicted molar refractivity (Wildman–Crippen MR) is 112 cm³/mol. The fraction of sp³-hybridized carbons (Fsp3) is 0.174. The third-order valence-corrected chi connectivity index (χ3v) is 6.37. The van der Waals surface area contributed by atoms with Gasteiger partial charge in [0.2, 0.25) is 9.84 Å². The smallest absolute Gasteiger partial charge is 0.344 e. The van der Waals surface area contributed by atoms with Gasteiger partial charge in [-0.05, 0) is 61.4 Å². The van der Waals surface area contributed by atoms with Crippen molar-refractivity contribution in [2.24, 2.45) is 0 Å². The zero-order valence-corrected chi connectivity index (χ0v) is 17.6. The first-order valence-corrected chi connectivity index (χ1v) is 10.8. The molecular weight excluding hydrogens is 425 g/mol. The highest BCUT2D eigenvalue weighted by Crippen LogP contribution is 2.33. The average Bonchev–Trinajstić information content (AvgIpc) is 3.16. The summed E-state index contributed by atoms with van der Waals surface area (Å²) in [6, 6.07) is 15.7. The quantitative estimate of drug-likeness (QED) is 0.447. The predicted octanol–water partition coefficient (Wildman–Crippen LogP) is 6.09. The van der Waals surface area contributed by atoms with Gasteiger partial charge >= 0.3 is 6.18 Å². The number of hydrogen-bond acceptors (Lipinski definition) is 3. The van der Waals surface area contributed by atoms with Crippen LogP contribution in [0.5, 0.6) is 0 Å². The maximum atomic E-state index is 12.9. The van der Waals surface area contributed by atoms with Gasteiger partial charge in [-0.15, -0.1) is 0 Å². The van der Waals surface area contributed by atoms with E-state index in [-0.39, 0.29) is 10.9 Å². The van der Waals surface area contributed by atoms with Gasteiger partial charge in [-0.1, -0.05) is 30.3 Å². The Morgan fingerprint density at radius 1 is 1.06 bits per heavy atom. The second-order valence-electron chi connectivity index (χ2n) is 7.17. The van der Waals surface area contributed by atoms with E-state index in [0.717, 1.165) is 12.1 Å². The molecule has 0 saturated heterocycles. The van der Waals surface area contributed by atoms with Crippen LogP contribution >= 0.6 is 0 Å². The Labute approximate surface area is 178 Å². The Hall–Kier alpha value is -3.31. The van der Waals surface area contributed by atoms with Crippen molar-refractivity contribution >= 4 is 15.9 Å². The Kier molecular flexibility index (Phi) is 6.09. The summed E-state index contributed by atoms with van der Waals surface area (Å²) in [5, 5.41) is 9.48. The van der Waals surface area contributed by atoms with Crippen LogP contribution in [0.15, 0.2) is 76.7 Å². The van der Waals surface area contributed by atoms with Gasteiger partial charge in [-0.2, -0.15) is 18.4 Å². The maximum Gasteiger partial charge on any atom is 0.416 e. The topological polar surface area (TPSA) is 62.9 Å². The van der Waals surface area contributed by atoms with E-state index in [4.69, 9.17) is 0 Å². The Morgan fingerprint density at radius 3 is 2.19 bits per heavy atom. The molecule has 31 heavy (non-hydrogen) atoms. The van der Waals surface area contributed by atoms with Gasteiger partial charge in [-0.25, -0.2) is 8.42 Å². The Morgan fingerprint density at radius 2 is 1.68 bits per heavy atom. The van der Waals surface area contributed by atoms with Crippen molar-refractivity contribution in [3.8, 4) is 17.3 Å². The number of sulfone groups is 1. The molecule has 8 heteroatoms. The molecule has 3 aromatic rings. The summed E-state index contributed by atoms with van der Waals surface area (Å²) in [5.74, 6) is 0. The lowest BCUT2D eigenvalue weighted by Crippen LogP contribution is -2.05. The standard InChI is InChI=1S/C23H19F3N2O2S/c1-16(2)28-15-17(12-21(14-27)31(29,30)20-6-4-3-5-7-20)13-22(28)18-8-10-19(11-9-18)23(24,25)26/h3-13,15-16H,1-2H3/b21-12+. The van der Waals surface area contributed by atoms with Crippen molar-refractivity contribution in [2.75, 3.05) is 0 Å². The van der Waals surface area contributed by atoms with E-state index in [1.165, 1.54) is 30.3 Å². The number of hydrogen-bond donors (Lipinski definition) is 0. The molecule has 0 unspecified atom stereocenters. The van der Waals surface area contributed by atoms with Crippen molar-refractivity contribution in [1.29, 1.82) is 5.26 Å². The molecule has 0 fully saturated rings. The summed E-state index contributed by atoms with van der Waals surface area (Å²) >= 11 is 0. The zero-order valence-electron chi connectivity index (χ0n) is 16.8. The number of nitriles is 1. The van der Waals surface area contributed by atoms with Crippen LogP contribution < -0.4 is 0 Å². The van der Waals surface area contributed by atoms with Crippen LogP contribution in [0.4, 0.5) is 13.2 Å². The molecule has 0 N–H and O–H groups in total. The molecule has 0 atom stereocenters. The molecule has 0 radical (unpaired) electrons. The lowest BCUT2D eigenvalue weighted by atomic mass is 10.1. The lowest BCUT2D eigenvalue weighted by Gasteiger charge is -2.13. The van der Waals surface area contributed by atoms with Crippen LogP contribution in [-0.4, -0.2) is 13.0 Å². The number of aromatic nitrogens is 1. The molecule has 0 amide bonds. The molecule has 2 aromatic carbocycles. The van der Waals surface area contributed by atoms with Crippen LogP contribution in [0.25, 0.3) is 17.3 Å². The second kappa shape index (κ2) is 8.44. The largest absolute Gasteiger partial charge is 0.416 e. The number of alkyl halides is 3. The number of nitrogens with zero attached hydrogens (tertiary/aromatic N) is 2. The fourth-order valence-electron chi connectivity index (χ4n) is 3.12. The lowest BCUT2D eigenvalue weighted by molar-refractivity contribution is -0.137. The van der Waals surface area contributed by atoms with Crippen LogP contribution in [0.2, 0.25) is 0 Å². The van der Waals surface area contributed by atoms with Crippen LogP contribution in [0, 0.1) is 11.3 Å². The first-order valence-electron chi connectivity index (χ1n) is 9.35. The van der Waals surface area contributed by atoms with E-state index in [2.05, 4.69) is 0 Å². The molecule has 0 spiro atoms. The third kappa shape index (κ3) is 4.72. The van der Waals surface area contributed by atoms with Crippen molar-refractivity contribution in [2.45, 2.75) is 31.0 Å². The van der Waals surface area contributed by atoms with E-state index in [0.29, 0.717) is 16.8 Å². The summed E-state index contributed by atoms with van der Waals surface area (Å²) < 4.78 is 66.0. The zero-order chi connectivity index (χ0) is 22.8. The van der Waals surface area contributed by atoms with Crippen LogP contribution in [0.3, 0.4) is 0 Å². The maximum absolute atomic E-state index is 12.9. The summed E-state index contributed by atoms with van der Waals surface area (Å²) in [7, 11) is -3.99. The highest BCUT2D eigenvalue weighted by molar-refractivity contribution is 7.95. The molecule has 1 aromatic heterocycles. The van der Waals surface area contributed by atoms with Gasteiger partial charge in [0.25, 0.3) is 0 Å². The van der Waals surface area contributed by atoms with Crippen molar-refractivity contribution < 1.29 is 21.6 Å². The summed E-state index contributed by atoms with van der Waals surface area (Å²) in [4.78, 5) is -0.410. The molecule has 0 bridgehead atoms. The minimum Gasteiger partial charge on any atom is -0.344 e. The molecule has 0 saturated carbocycles. The van der Waals surface area contributed by atoms with Crippen LogP contribution in [0.1, 0.15) is 31.0 Å². The van der Waals surface area contributed by atoms with E-state index in [1.54, 1.807) is 36.5 Å². The van der Waals surface area contributed by atoms with Gasteiger partial charge in [0.1, 0.15) is 11.0 Å². The minimum atomic E-state index is -4.43. The summed E-state index contributed by atoms with van der Waals surface area (Å²) in [6.07, 6.45) is -1.48. The molecule has 160 valence electrons. The van der Waals surface area contributed by atoms with E-state index >= 15 is 0 Å². The summed E-state index contributed by atoms with van der Waals surface area (Å²) in [6.45, 7) is 3.79. The molecule has 4 nitrogen and oxygen atoms in total. The number of rotatable bonds is 5. The van der Waals surface area contributed by atoms with Gasteiger partial charge in [-0.3, -0.25) is 0 Å². The van der Waals surface area contributed by atoms with Gasteiger partial charge in [0, 0.05) is 17.9 Å². The first kappa shape index (κ1) is 22.4. The van der Waals surface area contributed by atoms with E-state index in [1.807, 2.05) is 18.4 Å². The van der Waals surface area contributed by atoms with E-state index < -0.39 is 26.5 Å². The average molecular weight is 444 g/mol. The van der Waals surface area contributed by atoms with Gasteiger partial charge in [0.05, 0.1) is 10.5 Å². The number of allylic oxidation sites excluding steroid dienone is 1. The normalized spacial score (nSPS) is 12.7. The highest BCUT2D eigenvalue weighted by atomic mass is 32.2. The van der Waals surface area contributed by atoms with Crippen molar-refractivity contribution in [3.05, 3.63) is 82.9 Å². The Balaban J connectivity index is 2.07. The van der Waals surface area contributed by atoms with E-state index in [9.17, 15) is 26.9 Å². The highest BCUT2D eigenvalue weighted by Gasteiger charge is 2.30. The fourth-order valence-corrected chi connectivity index (χ4v) is 4.30. The third-order valence-electron chi connectivity index (χ3n) is 4.69. The molecule has 0 aliphatic rings. The Bertz CT molecular complexity index is 1250. The van der Waals surface area contributed by atoms with Gasteiger partial charge < -0.3 is 4.57 Å². The minimum absolute atomic E-state index is 0.00838. The first-order chi connectivity index (χ1) is 14.5. The molecule has 1 heterocycles. The molecule has 3 rings (SSSR count). The SMILES string of the molecule is CC(C)n1cc(/C=C(\C#N)S(=O)(=O)c2ccccc2)cc1-c1ccc(C(F)(F)F)cc1. The van der Waals surface area contributed by atoms with Crippen LogP contribution in [-0.2, 0) is 16.0 Å². The van der Waals surface area contributed by atoms with Crippen molar-refractivity contribution in [3.63, 3.8) is 0 Å². The van der Waals surface area contributed by atoms with Crippen molar-refractivity contribution in [1.82, 2.24) is 4.57 Å². The van der Waals surface area contributed by atoms with Gasteiger partial charge in [0.15, 0.2) is 0 Å². The molecular formula is C23H19F3N2O2S. The molecule has 0 aliphatic heterocycles. The monoisotopic (exact) mass is 444 g/mol.